The van der Waals surface area contributed by atoms with Gasteiger partial charge in [0.05, 0.1) is 28.3 Å². The molecule has 3 rings (SSSR count). The van der Waals surface area contributed by atoms with Crippen molar-refractivity contribution < 1.29 is 17.9 Å². The molecule has 0 radical (unpaired) electrons. The van der Waals surface area contributed by atoms with Gasteiger partial charge in [0.1, 0.15) is 5.75 Å². The van der Waals surface area contributed by atoms with Crippen molar-refractivity contribution in [3.05, 3.63) is 71.6 Å². The van der Waals surface area contributed by atoms with E-state index in [-0.39, 0.29) is 30.3 Å². The first-order chi connectivity index (χ1) is 14.9. The number of benzene rings is 2. The number of ether oxygens (including phenoxy) is 1. The standard InChI is InChI=1S/C23H26N2O4S2/c1-3-14-25-20-13-12-19(29-4-2)16-21(20)30-23(25)24-22(26)11-8-15-31(27,28)17-18-9-6-5-7-10-18/h3,5-7,9-10,12-13,16H,1,4,8,11,14-15,17H2,2H3. The summed E-state index contributed by atoms with van der Waals surface area (Å²) in [5.74, 6) is 0.379. The molecule has 0 saturated carbocycles. The fraction of sp³-hybridized carbons (Fsp3) is 0.304. The minimum atomic E-state index is -3.27. The van der Waals surface area contributed by atoms with Gasteiger partial charge < -0.3 is 9.30 Å². The molecule has 0 aliphatic heterocycles. The van der Waals surface area contributed by atoms with Crippen molar-refractivity contribution in [3.8, 4) is 5.75 Å². The Morgan fingerprint density at radius 3 is 2.71 bits per heavy atom. The van der Waals surface area contributed by atoms with Crippen LogP contribution in [0.15, 0.2) is 66.2 Å². The van der Waals surface area contributed by atoms with E-state index in [9.17, 15) is 13.2 Å². The summed E-state index contributed by atoms with van der Waals surface area (Å²) >= 11 is 1.40. The molecule has 0 aliphatic carbocycles. The number of amides is 1. The van der Waals surface area contributed by atoms with Crippen LogP contribution in [0.2, 0.25) is 0 Å². The fourth-order valence-corrected chi connectivity index (χ4v) is 5.72. The van der Waals surface area contributed by atoms with Crippen LogP contribution in [-0.4, -0.2) is 31.3 Å². The topological polar surface area (TPSA) is 77.7 Å². The van der Waals surface area contributed by atoms with Crippen LogP contribution in [0.1, 0.15) is 25.3 Å². The largest absolute Gasteiger partial charge is 0.494 e. The number of fused-ring (bicyclic) bond motifs is 1. The van der Waals surface area contributed by atoms with E-state index < -0.39 is 9.84 Å². The van der Waals surface area contributed by atoms with Crippen molar-refractivity contribution in [3.63, 3.8) is 0 Å². The molecular formula is C23H26N2O4S2. The van der Waals surface area contributed by atoms with Gasteiger partial charge >= 0.3 is 0 Å². The van der Waals surface area contributed by atoms with Crippen LogP contribution in [0.5, 0.6) is 5.75 Å². The second-order valence-electron chi connectivity index (χ2n) is 7.03. The maximum Gasteiger partial charge on any atom is 0.248 e. The second-order valence-corrected chi connectivity index (χ2v) is 10.2. The van der Waals surface area contributed by atoms with Gasteiger partial charge in [0.25, 0.3) is 0 Å². The molecule has 0 aliphatic rings. The second kappa shape index (κ2) is 10.5. The number of thiazole rings is 1. The monoisotopic (exact) mass is 458 g/mol. The van der Waals surface area contributed by atoms with Crippen LogP contribution < -0.4 is 9.54 Å². The number of hydrogen-bond acceptors (Lipinski definition) is 5. The molecule has 31 heavy (non-hydrogen) atoms. The summed E-state index contributed by atoms with van der Waals surface area (Å²) in [4.78, 5) is 17.3. The molecule has 164 valence electrons. The first kappa shape index (κ1) is 23.0. The van der Waals surface area contributed by atoms with Crippen LogP contribution in [0.3, 0.4) is 0 Å². The molecule has 0 unspecified atom stereocenters. The smallest absolute Gasteiger partial charge is 0.248 e. The molecule has 2 aromatic carbocycles. The number of nitrogens with zero attached hydrogens (tertiary/aromatic N) is 2. The lowest BCUT2D eigenvalue weighted by Crippen LogP contribution is -2.16. The number of carbonyl (C=O) groups is 1. The lowest BCUT2D eigenvalue weighted by Gasteiger charge is -2.04. The molecule has 3 aromatic rings. The summed E-state index contributed by atoms with van der Waals surface area (Å²) < 4.78 is 33.1. The summed E-state index contributed by atoms with van der Waals surface area (Å²) in [6, 6.07) is 14.8. The van der Waals surface area contributed by atoms with Crippen LogP contribution in [0, 0.1) is 0 Å². The molecule has 0 bridgehead atoms. The summed E-state index contributed by atoms with van der Waals surface area (Å²) in [5, 5.41) is 0. The maximum atomic E-state index is 12.4. The van der Waals surface area contributed by atoms with E-state index in [0.717, 1.165) is 21.5 Å². The molecule has 0 fully saturated rings. The van der Waals surface area contributed by atoms with Crippen molar-refractivity contribution in [2.24, 2.45) is 4.99 Å². The highest BCUT2D eigenvalue weighted by atomic mass is 32.2. The van der Waals surface area contributed by atoms with Gasteiger partial charge in [-0.3, -0.25) is 4.79 Å². The van der Waals surface area contributed by atoms with Crippen LogP contribution in [0.4, 0.5) is 0 Å². The van der Waals surface area contributed by atoms with Crippen LogP contribution in [0.25, 0.3) is 10.2 Å². The van der Waals surface area contributed by atoms with Crippen molar-refractivity contribution in [1.82, 2.24) is 4.57 Å². The fourth-order valence-electron chi connectivity index (χ4n) is 3.21. The number of sulfone groups is 1. The van der Waals surface area contributed by atoms with Gasteiger partial charge in [0, 0.05) is 13.0 Å². The minimum absolute atomic E-state index is 0.0169. The molecule has 0 saturated heterocycles. The molecule has 0 spiro atoms. The van der Waals surface area contributed by atoms with E-state index in [1.54, 1.807) is 18.2 Å². The average molecular weight is 459 g/mol. The zero-order valence-electron chi connectivity index (χ0n) is 17.5. The molecule has 0 atom stereocenters. The van der Waals surface area contributed by atoms with Gasteiger partial charge in [0.15, 0.2) is 14.6 Å². The van der Waals surface area contributed by atoms with E-state index >= 15 is 0 Å². The third kappa shape index (κ3) is 6.38. The van der Waals surface area contributed by atoms with Crippen molar-refractivity contribution in [1.29, 1.82) is 0 Å². The van der Waals surface area contributed by atoms with Crippen molar-refractivity contribution in [2.75, 3.05) is 12.4 Å². The molecule has 0 N–H and O–H groups in total. The lowest BCUT2D eigenvalue weighted by atomic mass is 10.2. The molecule has 8 heteroatoms. The van der Waals surface area contributed by atoms with E-state index in [0.29, 0.717) is 18.0 Å². The Hall–Kier alpha value is -2.71. The predicted molar refractivity (Wildman–Crippen MR) is 125 cm³/mol. The average Bonchev–Trinajstić information content (AvgIpc) is 3.05. The Morgan fingerprint density at radius 2 is 2.00 bits per heavy atom. The molecule has 1 amide bonds. The Morgan fingerprint density at radius 1 is 1.23 bits per heavy atom. The number of carbonyl (C=O) groups excluding carboxylic acids is 1. The van der Waals surface area contributed by atoms with Crippen molar-refractivity contribution in [2.45, 2.75) is 32.1 Å². The quantitative estimate of drug-likeness (QED) is 0.429. The summed E-state index contributed by atoms with van der Waals surface area (Å²) in [7, 11) is -3.27. The van der Waals surface area contributed by atoms with E-state index in [1.165, 1.54) is 11.3 Å². The maximum absolute atomic E-state index is 12.4. The van der Waals surface area contributed by atoms with E-state index in [2.05, 4.69) is 11.6 Å². The Labute approximate surface area is 186 Å². The highest BCUT2D eigenvalue weighted by Gasteiger charge is 2.13. The van der Waals surface area contributed by atoms with Gasteiger partial charge in [-0.1, -0.05) is 47.7 Å². The Balaban J connectivity index is 1.71. The third-order valence-electron chi connectivity index (χ3n) is 4.57. The van der Waals surface area contributed by atoms with Gasteiger partial charge in [0.2, 0.25) is 5.91 Å². The first-order valence-corrected chi connectivity index (χ1v) is 12.7. The van der Waals surface area contributed by atoms with Gasteiger partial charge in [-0.05, 0) is 37.1 Å². The number of rotatable bonds is 10. The lowest BCUT2D eigenvalue weighted by molar-refractivity contribution is -0.118. The Kier molecular flexibility index (Phi) is 7.81. The SMILES string of the molecule is C=CCn1c(=NC(=O)CCCS(=O)(=O)Cc2ccccc2)sc2cc(OCC)ccc21. The van der Waals surface area contributed by atoms with Gasteiger partial charge in [-0.2, -0.15) is 4.99 Å². The van der Waals surface area contributed by atoms with Crippen LogP contribution >= 0.6 is 11.3 Å². The van der Waals surface area contributed by atoms with E-state index in [1.807, 2.05) is 47.9 Å². The number of allylic oxidation sites excluding steroid dienone is 1. The zero-order chi connectivity index (χ0) is 22.3. The number of hydrogen-bond donors (Lipinski definition) is 0. The molecule has 6 nitrogen and oxygen atoms in total. The normalized spacial score (nSPS) is 12.2. The highest BCUT2D eigenvalue weighted by molar-refractivity contribution is 7.90. The molecule has 1 aromatic heterocycles. The van der Waals surface area contributed by atoms with E-state index in [4.69, 9.17) is 4.74 Å². The highest BCUT2D eigenvalue weighted by Crippen LogP contribution is 2.23. The molecule has 1 heterocycles. The van der Waals surface area contributed by atoms with Crippen molar-refractivity contribution >= 4 is 37.3 Å². The van der Waals surface area contributed by atoms with Crippen LogP contribution in [-0.2, 0) is 26.9 Å². The number of aromatic nitrogens is 1. The third-order valence-corrected chi connectivity index (χ3v) is 7.30. The Bertz CT molecular complexity index is 1230. The van der Waals surface area contributed by atoms with Gasteiger partial charge in [-0.15, -0.1) is 6.58 Å². The minimum Gasteiger partial charge on any atom is -0.494 e. The summed E-state index contributed by atoms with van der Waals surface area (Å²) in [6.45, 7) is 6.81. The predicted octanol–water partition coefficient (Wildman–Crippen LogP) is 4.11. The van der Waals surface area contributed by atoms with Gasteiger partial charge in [-0.25, -0.2) is 8.42 Å². The summed E-state index contributed by atoms with van der Waals surface area (Å²) in [5.41, 5.74) is 1.70. The molecular weight excluding hydrogens is 432 g/mol. The zero-order valence-corrected chi connectivity index (χ0v) is 19.1. The first-order valence-electron chi connectivity index (χ1n) is 10.1. The summed E-state index contributed by atoms with van der Waals surface area (Å²) in [6.07, 6.45) is 2.08.